The number of hydrogen-bond acceptors (Lipinski definition) is 2. The Kier molecular flexibility index (Phi) is 3.54. The summed E-state index contributed by atoms with van der Waals surface area (Å²) in [5.41, 5.74) is 0.874. The molecule has 0 unspecified atom stereocenters. The van der Waals surface area contributed by atoms with Crippen LogP contribution in [-0.4, -0.2) is 13.2 Å². The summed E-state index contributed by atoms with van der Waals surface area (Å²) in [4.78, 5) is 0. The minimum absolute atomic E-state index is 0. The molecule has 0 aromatic heterocycles. The first-order valence-electron chi connectivity index (χ1n) is 3.63. The molecule has 1 aliphatic heterocycles. The van der Waals surface area contributed by atoms with Crippen LogP contribution in [0.15, 0.2) is 12.1 Å². The van der Waals surface area contributed by atoms with Gasteiger partial charge in [-0.3, -0.25) is 0 Å². The van der Waals surface area contributed by atoms with E-state index in [-0.39, 0.29) is 12.4 Å². The van der Waals surface area contributed by atoms with Crippen LogP contribution < -0.4 is 10.1 Å². The number of hydrogen-bond donors (Lipinski definition) is 1. The molecule has 0 atom stereocenters. The van der Waals surface area contributed by atoms with Crippen LogP contribution in [0.2, 0.25) is 10.0 Å². The molecular weight excluding hydrogens is 232 g/mol. The summed E-state index contributed by atoms with van der Waals surface area (Å²) in [6.07, 6.45) is 0. The van der Waals surface area contributed by atoms with Crippen molar-refractivity contribution >= 4 is 41.3 Å². The molecule has 0 saturated heterocycles. The van der Waals surface area contributed by atoms with Gasteiger partial charge in [-0.25, -0.2) is 0 Å². The summed E-state index contributed by atoms with van der Waals surface area (Å²) in [6.45, 7) is 1.44. The van der Waals surface area contributed by atoms with Gasteiger partial charge in [0.05, 0.1) is 10.7 Å². The van der Waals surface area contributed by atoms with Gasteiger partial charge in [0.15, 0.2) is 5.75 Å². The van der Waals surface area contributed by atoms with Gasteiger partial charge in [-0.1, -0.05) is 23.2 Å². The summed E-state index contributed by atoms with van der Waals surface area (Å²) in [7, 11) is 0. The van der Waals surface area contributed by atoms with E-state index >= 15 is 0 Å². The van der Waals surface area contributed by atoms with Crippen LogP contribution in [0.1, 0.15) is 0 Å². The van der Waals surface area contributed by atoms with E-state index < -0.39 is 0 Å². The van der Waals surface area contributed by atoms with Gasteiger partial charge in [0, 0.05) is 11.6 Å². The third-order valence-electron chi connectivity index (χ3n) is 1.67. The molecule has 0 fully saturated rings. The molecule has 1 N–H and O–H groups in total. The van der Waals surface area contributed by atoms with Crippen LogP contribution in [0, 0.1) is 0 Å². The molecule has 1 heterocycles. The number of benzene rings is 1. The smallest absolute Gasteiger partial charge is 0.161 e. The summed E-state index contributed by atoms with van der Waals surface area (Å²) in [5, 5.41) is 4.33. The summed E-state index contributed by atoms with van der Waals surface area (Å²) in [5.74, 6) is 0.701. The Morgan fingerprint density at radius 2 is 2.08 bits per heavy atom. The highest BCUT2D eigenvalue weighted by atomic mass is 35.5. The number of nitrogens with one attached hydrogen (secondary N) is 1. The minimum Gasteiger partial charge on any atom is -0.488 e. The number of halogens is 3. The van der Waals surface area contributed by atoms with Gasteiger partial charge < -0.3 is 10.1 Å². The van der Waals surface area contributed by atoms with Gasteiger partial charge in [-0.15, -0.1) is 12.4 Å². The van der Waals surface area contributed by atoms with Crippen molar-refractivity contribution in [1.29, 1.82) is 0 Å². The zero-order chi connectivity index (χ0) is 8.55. The normalized spacial score (nSPS) is 13.4. The zero-order valence-electron chi connectivity index (χ0n) is 6.64. The summed E-state index contributed by atoms with van der Waals surface area (Å²) >= 11 is 11.7. The largest absolute Gasteiger partial charge is 0.488 e. The quantitative estimate of drug-likeness (QED) is 0.752. The molecule has 0 radical (unpaired) electrons. The highest BCUT2D eigenvalue weighted by Gasteiger charge is 2.13. The second-order valence-corrected chi connectivity index (χ2v) is 3.38. The third kappa shape index (κ3) is 2.13. The molecule has 0 aliphatic carbocycles. The molecule has 1 aromatic rings. The number of rotatable bonds is 0. The van der Waals surface area contributed by atoms with Crippen LogP contribution in [0.3, 0.4) is 0 Å². The van der Waals surface area contributed by atoms with Crippen LogP contribution in [0.25, 0.3) is 0 Å². The van der Waals surface area contributed by atoms with Crippen LogP contribution in [0.4, 0.5) is 5.69 Å². The average Bonchev–Trinajstić information content (AvgIpc) is 2.04. The van der Waals surface area contributed by atoms with Crippen molar-refractivity contribution in [3.8, 4) is 5.75 Å². The molecule has 2 nitrogen and oxygen atoms in total. The van der Waals surface area contributed by atoms with Crippen molar-refractivity contribution in [1.82, 2.24) is 0 Å². The number of anilines is 1. The topological polar surface area (TPSA) is 21.3 Å². The van der Waals surface area contributed by atoms with Gasteiger partial charge in [-0.05, 0) is 12.1 Å². The van der Waals surface area contributed by atoms with Crippen LogP contribution in [-0.2, 0) is 0 Å². The molecule has 1 aliphatic rings. The fourth-order valence-electron chi connectivity index (χ4n) is 1.18. The Balaban J connectivity index is 0.000000845. The van der Waals surface area contributed by atoms with E-state index in [1.54, 1.807) is 6.07 Å². The van der Waals surface area contributed by atoms with E-state index in [0.717, 1.165) is 12.2 Å². The molecule has 0 saturated carbocycles. The van der Waals surface area contributed by atoms with Crippen molar-refractivity contribution < 1.29 is 4.74 Å². The maximum absolute atomic E-state index is 5.90. The molecule has 0 spiro atoms. The Labute approximate surface area is 92.6 Å². The lowest BCUT2D eigenvalue weighted by Crippen LogP contribution is -2.18. The van der Waals surface area contributed by atoms with Crippen molar-refractivity contribution in [3.05, 3.63) is 22.2 Å². The third-order valence-corrected chi connectivity index (χ3v) is 2.17. The van der Waals surface area contributed by atoms with Gasteiger partial charge in [-0.2, -0.15) is 0 Å². The predicted molar refractivity (Wildman–Crippen MR) is 57.7 cm³/mol. The van der Waals surface area contributed by atoms with Gasteiger partial charge in [0.1, 0.15) is 6.61 Å². The van der Waals surface area contributed by atoms with Crippen molar-refractivity contribution in [3.63, 3.8) is 0 Å². The SMILES string of the molecule is Cl.Clc1cc(Cl)c2c(c1)NCCO2. The van der Waals surface area contributed by atoms with Crippen LogP contribution in [0.5, 0.6) is 5.75 Å². The van der Waals surface area contributed by atoms with E-state index in [1.165, 1.54) is 0 Å². The molecule has 5 heteroatoms. The van der Waals surface area contributed by atoms with E-state index in [2.05, 4.69) is 5.32 Å². The Morgan fingerprint density at radius 3 is 2.85 bits per heavy atom. The van der Waals surface area contributed by atoms with E-state index in [4.69, 9.17) is 27.9 Å². The molecule has 0 bridgehead atoms. The average molecular weight is 241 g/mol. The first-order valence-corrected chi connectivity index (χ1v) is 4.38. The first-order chi connectivity index (χ1) is 5.77. The molecular formula is C8H8Cl3NO. The molecule has 2 rings (SSSR count). The van der Waals surface area contributed by atoms with Crippen LogP contribution >= 0.6 is 35.6 Å². The predicted octanol–water partition coefficient (Wildman–Crippen LogP) is 3.22. The first kappa shape index (κ1) is 10.8. The van der Waals surface area contributed by atoms with E-state index in [1.807, 2.05) is 6.07 Å². The van der Waals surface area contributed by atoms with Gasteiger partial charge >= 0.3 is 0 Å². The number of fused-ring (bicyclic) bond motifs is 1. The number of ether oxygens (including phenoxy) is 1. The molecule has 72 valence electrons. The molecule has 1 aromatic carbocycles. The second-order valence-electron chi connectivity index (χ2n) is 2.54. The minimum atomic E-state index is 0. The Morgan fingerprint density at radius 1 is 1.31 bits per heavy atom. The van der Waals surface area contributed by atoms with E-state index in [9.17, 15) is 0 Å². The summed E-state index contributed by atoms with van der Waals surface area (Å²) < 4.78 is 5.36. The molecule has 0 amide bonds. The van der Waals surface area contributed by atoms with Gasteiger partial charge in [0.25, 0.3) is 0 Å². The lowest BCUT2D eigenvalue weighted by Gasteiger charge is -2.20. The van der Waals surface area contributed by atoms with Crippen molar-refractivity contribution in [2.45, 2.75) is 0 Å². The Hall–Kier alpha value is -0.310. The lowest BCUT2D eigenvalue weighted by atomic mass is 10.2. The molecule has 13 heavy (non-hydrogen) atoms. The van der Waals surface area contributed by atoms with Gasteiger partial charge in [0.2, 0.25) is 0 Å². The monoisotopic (exact) mass is 239 g/mol. The van der Waals surface area contributed by atoms with E-state index in [0.29, 0.717) is 22.4 Å². The highest BCUT2D eigenvalue weighted by molar-refractivity contribution is 6.36. The van der Waals surface area contributed by atoms with Crippen molar-refractivity contribution in [2.75, 3.05) is 18.5 Å². The summed E-state index contributed by atoms with van der Waals surface area (Å²) in [6, 6.07) is 3.48. The highest BCUT2D eigenvalue weighted by Crippen LogP contribution is 2.37. The fraction of sp³-hybridized carbons (Fsp3) is 0.250. The zero-order valence-corrected chi connectivity index (χ0v) is 8.97. The lowest BCUT2D eigenvalue weighted by molar-refractivity contribution is 0.323. The van der Waals surface area contributed by atoms with Crippen molar-refractivity contribution in [2.24, 2.45) is 0 Å². The maximum atomic E-state index is 5.90. The Bertz CT molecular complexity index is 317. The maximum Gasteiger partial charge on any atom is 0.161 e. The standard InChI is InChI=1S/C8H7Cl2NO.ClH/c9-5-3-6(10)8-7(4-5)11-1-2-12-8;/h3-4,11H,1-2H2;1H. The second kappa shape index (κ2) is 4.27. The fourth-order valence-corrected chi connectivity index (χ4v) is 1.73.